The molecule has 0 spiro atoms. The zero-order valence-electron chi connectivity index (χ0n) is 12.4. The van der Waals surface area contributed by atoms with Gasteiger partial charge in [-0.05, 0) is 22.9 Å². The zero-order valence-corrected chi connectivity index (χ0v) is 6.96. The molecule has 0 bridgehead atoms. The Morgan fingerprint density at radius 1 is 1.00 bits per heavy atom. The molecule has 2 aromatic rings. The van der Waals surface area contributed by atoms with Gasteiger partial charge in [0.05, 0.1) is 9.60 Å². The Bertz CT molecular complexity index is 567. The molecular weight excluding hydrogens is 200 g/mol. The molecule has 2 aromatic carbocycles. The number of rotatable bonds is 0. The predicted molar refractivity (Wildman–Crippen MR) is 51.6 cm³/mol. The molecule has 0 unspecified atom stereocenters. The SMILES string of the molecule is [2H]c1c([2H])c([2H])c2c([2H])c(Br)c([2H])c([2H])c2c1[2H]. The molecule has 0 nitrogen and oxygen atoms in total. The van der Waals surface area contributed by atoms with E-state index in [1.165, 1.54) is 0 Å². The molecule has 2 rings (SSSR count). The molecule has 0 fully saturated rings. The normalized spacial score (nSPS) is 19.2. The van der Waals surface area contributed by atoms with Gasteiger partial charge in [0.1, 0.15) is 0 Å². The first-order valence-electron chi connectivity index (χ1n) is 6.44. The molecule has 0 aliphatic rings. The topological polar surface area (TPSA) is 0 Å². The standard InChI is InChI=1S/C10H7Br/c11-10-6-5-8-3-1-2-4-9(8)7-10/h1-7H/i1D,2D,3D,4D,5D,6D,7D. The molecule has 0 aliphatic carbocycles. The van der Waals surface area contributed by atoms with E-state index in [4.69, 9.17) is 9.60 Å². The van der Waals surface area contributed by atoms with Crippen molar-refractivity contribution < 1.29 is 9.60 Å². The van der Waals surface area contributed by atoms with Crippen molar-refractivity contribution in [2.45, 2.75) is 0 Å². The summed E-state index contributed by atoms with van der Waals surface area (Å²) in [4.78, 5) is 0. The van der Waals surface area contributed by atoms with E-state index in [9.17, 15) is 0 Å². The monoisotopic (exact) mass is 213 g/mol. The van der Waals surface area contributed by atoms with Crippen LogP contribution in [0.3, 0.4) is 0 Å². The van der Waals surface area contributed by atoms with Crippen molar-refractivity contribution in [3.05, 3.63) is 46.8 Å². The maximum atomic E-state index is 7.83. The lowest BCUT2D eigenvalue weighted by Crippen LogP contribution is -1.69. The van der Waals surface area contributed by atoms with Gasteiger partial charge in [0, 0.05) is 4.47 Å². The molecule has 0 saturated heterocycles. The van der Waals surface area contributed by atoms with Crippen molar-refractivity contribution in [2.24, 2.45) is 0 Å². The lowest BCUT2D eigenvalue weighted by molar-refractivity contribution is 1.70. The van der Waals surface area contributed by atoms with Crippen LogP contribution in [-0.4, -0.2) is 0 Å². The predicted octanol–water partition coefficient (Wildman–Crippen LogP) is 3.60. The van der Waals surface area contributed by atoms with Crippen LogP contribution in [0, 0.1) is 0 Å². The van der Waals surface area contributed by atoms with Crippen molar-refractivity contribution in [1.29, 1.82) is 0 Å². The van der Waals surface area contributed by atoms with Crippen LogP contribution < -0.4 is 0 Å². The molecule has 0 N–H and O–H groups in total. The summed E-state index contributed by atoms with van der Waals surface area (Å²) in [5.41, 5.74) is 0. The number of benzene rings is 2. The largest absolute Gasteiger partial charge is 0.0641 e. The second kappa shape index (κ2) is 2.67. The van der Waals surface area contributed by atoms with Crippen molar-refractivity contribution in [2.75, 3.05) is 0 Å². The van der Waals surface area contributed by atoms with E-state index in [0.29, 0.717) is 0 Å². The molecule has 0 aliphatic heterocycles. The van der Waals surface area contributed by atoms with Gasteiger partial charge in [-0.2, -0.15) is 0 Å². The minimum Gasteiger partial charge on any atom is -0.0616 e. The summed E-state index contributed by atoms with van der Waals surface area (Å²) < 4.78 is 53.9. The lowest BCUT2D eigenvalue weighted by atomic mass is 10.1. The third-order valence-electron chi connectivity index (χ3n) is 1.22. The van der Waals surface area contributed by atoms with Crippen molar-refractivity contribution >= 4 is 26.7 Å². The van der Waals surface area contributed by atoms with Gasteiger partial charge in [0.15, 0.2) is 0 Å². The molecule has 0 amide bonds. The summed E-state index contributed by atoms with van der Waals surface area (Å²) in [5, 5.41) is -0.118. The van der Waals surface area contributed by atoms with Gasteiger partial charge in [-0.3, -0.25) is 0 Å². The second-order valence-electron chi connectivity index (χ2n) is 1.94. The number of hydrogen-bond donors (Lipinski definition) is 0. The first kappa shape index (κ1) is 2.60. The highest BCUT2D eigenvalue weighted by Gasteiger charge is 1.90. The van der Waals surface area contributed by atoms with E-state index in [1.54, 1.807) is 0 Å². The van der Waals surface area contributed by atoms with E-state index < -0.39 is 12.1 Å². The molecule has 11 heavy (non-hydrogen) atoms. The average molecular weight is 214 g/mol. The van der Waals surface area contributed by atoms with Crippen LogP contribution in [0.4, 0.5) is 0 Å². The maximum absolute atomic E-state index is 7.83. The molecule has 1 heteroatoms. The Kier molecular flexibility index (Phi) is 0.629. The minimum absolute atomic E-state index is 0.0334. The van der Waals surface area contributed by atoms with Crippen LogP contribution in [0.5, 0.6) is 0 Å². The van der Waals surface area contributed by atoms with Gasteiger partial charge >= 0.3 is 0 Å². The smallest absolute Gasteiger partial charge is 0.0616 e. The summed E-state index contributed by atoms with van der Waals surface area (Å²) >= 11 is 3.01. The molecule has 0 heterocycles. The van der Waals surface area contributed by atoms with Crippen molar-refractivity contribution in [1.82, 2.24) is 0 Å². The highest BCUT2D eigenvalue weighted by Crippen LogP contribution is 2.18. The van der Waals surface area contributed by atoms with E-state index in [2.05, 4.69) is 15.9 Å². The van der Waals surface area contributed by atoms with Gasteiger partial charge < -0.3 is 0 Å². The molecule has 0 atom stereocenters. The third kappa shape index (κ3) is 1.29. The fraction of sp³-hybridized carbons (Fsp3) is 0. The zero-order chi connectivity index (χ0) is 13.8. The van der Waals surface area contributed by atoms with Gasteiger partial charge in [-0.15, -0.1) is 0 Å². The third-order valence-corrected chi connectivity index (χ3v) is 1.62. The van der Waals surface area contributed by atoms with Crippen LogP contribution >= 0.6 is 15.9 Å². The quantitative estimate of drug-likeness (QED) is 0.628. The highest BCUT2D eigenvalue weighted by molar-refractivity contribution is 9.10. The fourth-order valence-electron chi connectivity index (χ4n) is 0.758. The average Bonchev–Trinajstić information content (AvgIpc) is 2.35. The van der Waals surface area contributed by atoms with E-state index in [1.807, 2.05) is 0 Å². The summed E-state index contributed by atoms with van der Waals surface area (Å²) in [7, 11) is 0. The van der Waals surface area contributed by atoms with Crippen LogP contribution in [0.25, 0.3) is 10.8 Å². The maximum Gasteiger partial charge on any atom is 0.0641 e. The second-order valence-corrected chi connectivity index (χ2v) is 2.73. The summed E-state index contributed by atoms with van der Waals surface area (Å²) in [5.74, 6) is 0. The number of halogens is 1. The Hall–Kier alpha value is -0.820. The Morgan fingerprint density at radius 3 is 2.55 bits per heavy atom. The van der Waals surface area contributed by atoms with Gasteiger partial charge in [0.25, 0.3) is 0 Å². The first-order valence-corrected chi connectivity index (χ1v) is 3.73. The van der Waals surface area contributed by atoms with Gasteiger partial charge in [-0.1, -0.05) is 46.1 Å². The van der Waals surface area contributed by atoms with Crippen LogP contribution in [0.2, 0.25) is 0 Å². The molecule has 0 saturated carbocycles. The van der Waals surface area contributed by atoms with Gasteiger partial charge in [0.2, 0.25) is 0 Å². The Balaban J connectivity index is 3.22. The molecule has 0 radical (unpaired) electrons. The van der Waals surface area contributed by atoms with Crippen LogP contribution in [0.15, 0.2) is 46.8 Å². The Labute approximate surface area is 83.8 Å². The fourth-order valence-corrected chi connectivity index (χ4v) is 1.06. The number of hydrogen-bond acceptors (Lipinski definition) is 0. The van der Waals surface area contributed by atoms with Gasteiger partial charge in [-0.25, -0.2) is 0 Å². The first-order chi connectivity index (χ1) is 8.29. The van der Waals surface area contributed by atoms with Crippen LogP contribution in [0.1, 0.15) is 9.60 Å². The number of fused-ring (bicyclic) bond motifs is 1. The summed E-state index contributed by atoms with van der Waals surface area (Å²) in [6.45, 7) is 0. The van der Waals surface area contributed by atoms with Crippen molar-refractivity contribution in [3.8, 4) is 0 Å². The summed E-state index contributed by atoms with van der Waals surface area (Å²) in [6.07, 6.45) is 0. The van der Waals surface area contributed by atoms with E-state index >= 15 is 0 Å². The summed E-state index contributed by atoms with van der Waals surface area (Å²) in [6, 6.07) is -2.39. The van der Waals surface area contributed by atoms with E-state index in [-0.39, 0.29) is 45.5 Å². The van der Waals surface area contributed by atoms with Crippen molar-refractivity contribution in [3.63, 3.8) is 0 Å². The van der Waals surface area contributed by atoms with Crippen LogP contribution in [-0.2, 0) is 0 Å². The lowest BCUT2D eigenvalue weighted by Gasteiger charge is -1.95. The Morgan fingerprint density at radius 2 is 1.73 bits per heavy atom. The minimum atomic E-state index is -0.456. The molecular formula is C10H7Br. The highest BCUT2D eigenvalue weighted by atomic mass is 79.9. The molecule has 54 valence electrons. The molecule has 0 aromatic heterocycles. The van der Waals surface area contributed by atoms with E-state index in [0.717, 1.165) is 0 Å².